The zero-order valence-electron chi connectivity index (χ0n) is 13.7. The summed E-state index contributed by atoms with van der Waals surface area (Å²) in [5.74, 6) is 0.464. The van der Waals surface area contributed by atoms with Gasteiger partial charge >= 0.3 is 0 Å². The Labute approximate surface area is 137 Å². The zero-order chi connectivity index (χ0) is 16.8. The molecule has 124 valence electrons. The lowest BCUT2D eigenvalue weighted by Gasteiger charge is -2.25. The highest BCUT2D eigenvalue weighted by Gasteiger charge is 2.34. The van der Waals surface area contributed by atoms with Crippen LogP contribution in [0.15, 0.2) is 36.9 Å². The Morgan fingerprint density at radius 3 is 2.96 bits per heavy atom. The number of nitrogens with one attached hydrogen (secondary N) is 1. The van der Waals surface area contributed by atoms with E-state index < -0.39 is 0 Å². The van der Waals surface area contributed by atoms with Gasteiger partial charge in [-0.25, -0.2) is 0 Å². The first-order valence-electron chi connectivity index (χ1n) is 7.98. The largest absolute Gasteiger partial charge is 0.489 e. The minimum atomic E-state index is -0.386. The van der Waals surface area contributed by atoms with Crippen LogP contribution >= 0.6 is 0 Å². The molecule has 0 aromatic heterocycles. The number of nitrogens with zero attached hydrogens (tertiary/aromatic N) is 1. The number of benzene rings is 1. The molecular formula is C18H24N2O3. The van der Waals surface area contributed by atoms with Crippen molar-refractivity contribution in [1.29, 1.82) is 0 Å². The van der Waals surface area contributed by atoms with E-state index in [0.29, 0.717) is 31.0 Å². The Bertz CT molecular complexity index is 583. The van der Waals surface area contributed by atoms with E-state index in [9.17, 15) is 9.59 Å². The smallest absolute Gasteiger partial charge is 0.247 e. The zero-order valence-corrected chi connectivity index (χ0v) is 13.7. The summed E-state index contributed by atoms with van der Waals surface area (Å²) in [5, 5.41) is 2.89. The lowest BCUT2D eigenvalue weighted by molar-refractivity contribution is -0.139. The predicted octanol–water partition coefficient (Wildman–Crippen LogP) is 2.84. The van der Waals surface area contributed by atoms with Crippen LogP contribution in [0.1, 0.15) is 26.7 Å². The first-order chi connectivity index (χ1) is 11.0. The summed E-state index contributed by atoms with van der Waals surface area (Å²) in [6.07, 6.45) is 3.23. The number of carbonyl (C=O) groups excluding carboxylic acids is 2. The van der Waals surface area contributed by atoms with Gasteiger partial charge in [-0.05, 0) is 25.0 Å². The summed E-state index contributed by atoms with van der Waals surface area (Å²) in [6.45, 7) is 8.38. The lowest BCUT2D eigenvalue weighted by atomic mass is 10.1. The maximum atomic E-state index is 12.5. The second-order valence-corrected chi connectivity index (χ2v) is 5.96. The average Bonchev–Trinajstić information content (AvgIpc) is 3.02. The van der Waals surface area contributed by atoms with Crippen LogP contribution in [0, 0.1) is 5.92 Å². The van der Waals surface area contributed by atoms with E-state index in [0.717, 1.165) is 6.42 Å². The Hall–Kier alpha value is -2.30. The Morgan fingerprint density at radius 2 is 2.26 bits per heavy atom. The number of likely N-dealkylation sites (tertiary alicyclic amines) is 1. The average molecular weight is 316 g/mol. The molecule has 1 atom stereocenters. The molecule has 1 unspecified atom stereocenters. The highest BCUT2D eigenvalue weighted by molar-refractivity contribution is 5.97. The van der Waals surface area contributed by atoms with Crippen molar-refractivity contribution in [2.45, 2.75) is 32.7 Å². The molecule has 0 saturated carbocycles. The van der Waals surface area contributed by atoms with Gasteiger partial charge in [-0.15, -0.1) is 0 Å². The van der Waals surface area contributed by atoms with E-state index >= 15 is 0 Å². The van der Waals surface area contributed by atoms with Crippen molar-refractivity contribution in [3.8, 4) is 5.75 Å². The molecule has 2 amide bonds. The molecule has 1 aromatic carbocycles. The number of anilines is 1. The summed E-state index contributed by atoms with van der Waals surface area (Å²) in [7, 11) is 0. The predicted molar refractivity (Wildman–Crippen MR) is 90.3 cm³/mol. The molecule has 0 aliphatic carbocycles. The number of rotatable bonds is 6. The molecule has 0 spiro atoms. The number of amides is 2. The molecule has 23 heavy (non-hydrogen) atoms. The summed E-state index contributed by atoms with van der Waals surface area (Å²) < 4.78 is 5.46. The molecule has 0 radical (unpaired) electrons. The quantitative estimate of drug-likeness (QED) is 0.821. The molecule has 1 aliphatic rings. The second kappa shape index (κ2) is 7.81. The molecule has 5 nitrogen and oxygen atoms in total. The van der Waals surface area contributed by atoms with E-state index in [1.165, 1.54) is 0 Å². The van der Waals surface area contributed by atoms with Gasteiger partial charge in [0.1, 0.15) is 18.4 Å². The van der Waals surface area contributed by atoms with Gasteiger partial charge in [0, 0.05) is 24.2 Å². The third-order valence-corrected chi connectivity index (χ3v) is 3.80. The van der Waals surface area contributed by atoms with Gasteiger partial charge in [0.25, 0.3) is 0 Å². The van der Waals surface area contributed by atoms with E-state index in [-0.39, 0.29) is 23.8 Å². The minimum absolute atomic E-state index is 0.0331. The van der Waals surface area contributed by atoms with Gasteiger partial charge in [0.2, 0.25) is 11.8 Å². The van der Waals surface area contributed by atoms with E-state index in [4.69, 9.17) is 4.74 Å². The topological polar surface area (TPSA) is 58.6 Å². The highest BCUT2D eigenvalue weighted by atomic mass is 16.5. The number of hydrogen-bond acceptors (Lipinski definition) is 3. The van der Waals surface area contributed by atoms with Crippen molar-refractivity contribution in [2.24, 2.45) is 5.92 Å². The molecule has 1 N–H and O–H groups in total. The van der Waals surface area contributed by atoms with Gasteiger partial charge in [-0.1, -0.05) is 32.6 Å². The molecule has 1 heterocycles. The third-order valence-electron chi connectivity index (χ3n) is 3.80. The van der Waals surface area contributed by atoms with Crippen molar-refractivity contribution in [3.05, 3.63) is 36.9 Å². The fourth-order valence-corrected chi connectivity index (χ4v) is 2.68. The molecule has 1 saturated heterocycles. The second-order valence-electron chi connectivity index (χ2n) is 5.96. The molecular weight excluding hydrogens is 292 g/mol. The summed E-state index contributed by atoms with van der Waals surface area (Å²) in [4.78, 5) is 26.4. The fraction of sp³-hybridized carbons (Fsp3) is 0.444. The van der Waals surface area contributed by atoms with Crippen LogP contribution in [0.4, 0.5) is 5.69 Å². The van der Waals surface area contributed by atoms with Crippen molar-refractivity contribution >= 4 is 17.5 Å². The lowest BCUT2D eigenvalue weighted by Crippen LogP contribution is -2.44. The van der Waals surface area contributed by atoms with Gasteiger partial charge in [-0.2, -0.15) is 0 Å². The minimum Gasteiger partial charge on any atom is -0.489 e. The molecule has 1 aromatic rings. The van der Waals surface area contributed by atoms with Gasteiger partial charge < -0.3 is 15.0 Å². The number of hydrogen-bond donors (Lipinski definition) is 1. The monoisotopic (exact) mass is 316 g/mol. The molecule has 5 heteroatoms. The van der Waals surface area contributed by atoms with Gasteiger partial charge in [0.15, 0.2) is 0 Å². The van der Waals surface area contributed by atoms with Gasteiger partial charge in [0.05, 0.1) is 0 Å². The van der Waals surface area contributed by atoms with E-state index in [1.807, 2.05) is 32.0 Å². The van der Waals surface area contributed by atoms with Crippen molar-refractivity contribution in [3.63, 3.8) is 0 Å². The van der Waals surface area contributed by atoms with Crippen LogP contribution in [0.2, 0.25) is 0 Å². The van der Waals surface area contributed by atoms with Crippen molar-refractivity contribution in [1.82, 2.24) is 4.90 Å². The van der Waals surface area contributed by atoms with Crippen molar-refractivity contribution in [2.75, 3.05) is 18.5 Å². The third kappa shape index (κ3) is 4.34. The fourth-order valence-electron chi connectivity index (χ4n) is 2.68. The SMILES string of the molecule is C=CCOc1cccc(NC(=O)C2CCCN2C(=O)C(C)C)c1. The first-order valence-corrected chi connectivity index (χ1v) is 7.98. The standard InChI is InChI=1S/C18H24N2O3/c1-4-11-23-15-8-5-7-14(12-15)19-17(21)16-9-6-10-20(16)18(22)13(2)3/h4-5,7-8,12-13,16H,1,6,9-11H2,2-3H3,(H,19,21). The summed E-state index contributed by atoms with van der Waals surface area (Å²) >= 11 is 0. The van der Waals surface area contributed by atoms with Crippen LogP contribution in [0.5, 0.6) is 5.75 Å². The number of ether oxygens (including phenoxy) is 1. The Morgan fingerprint density at radius 1 is 1.48 bits per heavy atom. The Balaban J connectivity index is 2.03. The first kappa shape index (κ1) is 17.1. The van der Waals surface area contributed by atoms with E-state index in [1.54, 1.807) is 17.0 Å². The van der Waals surface area contributed by atoms with Gasteiger partial charge in [-0.3, -0.25) is 9.59 Å². The maximum absolute atomic E-state index is 12.5. The summed E-state index contributed by atoms with van der Waals surface area (Å²) in [6, 6.07) is 6.83. The highest BCUT2D eigenvalue weighted by Crippen LogP contribution is 2.23. The molecule has 0 bridgehead atoms. The molecule has 1 fully saturated rings. The normalized spacial score (nSPS) is 17.2. The van der Waals surface area contributed by atoms with E-state index in [2.05, 4.69) is 11.9 Å². The van der Waals surface area contributed by atoms with Crippen LogP contribution in [-0.4, -0.2) is 35.9 Å². The molecule has 1 aliphatic heterocycles. The van der Waals surface area contributed by atoms with Crippen LogP contribution in [0.3, 0.4) is 0 Å². The van der Waals surface area contributed by atoms with Crippen molar-refractivity contribution < 1.29 is 14.3 Å². The van der Waals surface area contributed by atoms with Crippen LogP contribution in [-0.2, 0) is 9.59 Å². The van der Waals surface area contributed by atoms with Crippen LogP contribution < -0.4 is 10.1 Å². The summed E-state index contributed by atoms with van der Waals surface area (Å²) in [5.41, 5.74) is 0.667. The number of carbonyl (C=O) groups is 2. The Kier molecular flexibility index (Phi) is 5.79. The maximum Gasteiger partial charge on any atom is 0.247 e. The molecule has 2 rings (SSSR count). The van der Waals surface area contributed by atoms with Crippen LogP contribution in [0.25, 0.3) is 0 Å².